The van der Waals surface area contributed by atoms with Crippen molar-refractivity contribution in [3.63, 3.8) is 0 Å². The lowest BCUT2D eigenvalue weighted by molar-refractivity contribution is 0.141. The Morgan fingerprint density at radius 3 is 3.00 bits per heavy atom. The van der Waals surface area contributed by atoms with Gasteiger partial charge in [0.1, 0.15) is 12.8 Å². The van der Waals surface area contributed by atoms with E-state index in [4.69, 9.17) is 5.11 Å². The molecule has 1 rings (SSSR count). The molecule has 0 aliphatic heterocycles. The van der Waals surface area contributed by atoms with Crippen LogP contribution in [0, 0.1) is 6.92 Å². The average Bonchev–Trinajstić information content (AvgIpc) is 2.04. The number of pyridine rings is 1. The lowest BCUT2D eigenvalue weighted by atomic mass is 10.1. The van der Waals surface area contributed by atoms with Gasteiger partial charge in [0.2, 0.25) is 0 Å². The van der Waals surface area contributed by atoms with E-state index >= 15 is 0 Å². The zero-order valence-corrected chi connectivity index (χ0v) is 6.29. The first-order valence-electron chi connectivity index (χ1n) is 3.40. The Hall–Kier alpha value is -0.960. The maximum absolute atomic E-state index is 12.0. The molecule has 0 aliphatic rings. The predicted molar refractivity (Wildman–Crippen MR) is 39.9 cm³/mol. The highest BCUT2D eigenvalue weighted by molar-refractivity contribution is 5.23. The molecule has 3 heteroatoms. The minimum Gasteiger partial charge on any atom is -0.386 e. The van der Waals surface area contributed by atoms with E-state index in [0.717, 1.165) is 5.56 Å². The van der Waals surface area contributed by atoms with Crippen LogP contribution in [0.1, 0.15) is 17.2 Å². The Balaban J connectivity index is 2.93. The van der Waals surface area contributed by atoms with Gasteiger partial charge in [-0.05, 0) is 24.1 Å². The Kier molecular flexibility index (Phi) is 2.54. The number of aliphatic hydroxyl groups excluding tert-OH is 1. The van der Waals surface area contributed by atoms with Gasteiger partial charge < -0.3 is 5.11 Å². The van der Waals surface area contributed by atoms with Crippen molar-refractivity contribution in [3.05, 3.63) is 29.6 Å². The van der Waals surface area contributed by atoms with E-state index in [9.17, 15) is 4.39 Å². The van der Waals surface area contributed by atoms with E-state index in [1.807, 2.05) is 0 Å². The molecule has 0 amide bonds. The summed E-state index contributed by atoms with van der Waals surface area (Å²) in [5.41, 5.74) is 1.43. The summed E-state index contributed by atoms with van der Waals surface area (Å²) in [4.78, 5) is 3.83. The second-order valence-corrected chi connectivity index (χ2v) is 2.40. The molecular formula is C8H10FNO. The van der Waals surface area contributed by atoms with Gasteiger partial charge in [-0.1, -0.05) is 0 Å². The van der Waals surface area contributed by atoms with Gasteiger partial charge in [0.25, 0.3) is 0 Å². The van der Waals surface area contributed by atoms with Gasteiger partial charge in [0, 0.05) is 12.4 Å². The third-order valence-corrected chi connectivity index (χ3v) is 1.57. The smallest absolute Gasteiger partial charge is 0.119 e. The third kappa shape index (κ3) is 1.74. The molecule has 0 radical (unpaired) electrons. The average molecular weight is 155 g/mol. The number of rotatable bonds is 2. The largest absolute Gasteiger partial charge is 0.386 e. The molecule has 11 heavy (non-hydrogen) atoms. The fourth-order valence-corrected chi connectivity index (χ4v) is 0.941. The quantitative estimate of drug-likeness (QED) is 0.700. The van der Waals surface area contributed by atoms with Crippen molar-refractivity contribution in [1.29, 1.82) is 0 Å². The highest BCUT2D eigenvalue weighted by Crippen LogP contribution is 2.15. The fraction of sp³-hybridized carbons (Fsp3) is 0.375. The van der Waals surface area contributed by atoms with Crippen LogP contribution in [0.15, 0.2) is 18.5 Å². The van der Waals surface area contributed by atoms with Crippen LogP contribution >= 0.6 is 0 Å². The van der Waals surface area contributed by atoms with Crippen LogP contribution in [0.3, 0.4) is 0 Å². The van der Waals surface area contributed by atoms with E-state index in [1.165, 1.54) is 0 Å². The van der Waals surface area contributed by atoms with Crippen LogP contribution in [-0.2, 0) is 0 Å². The van der Waals surface area contributed by atoms with Crippen LogP contribution in [0.2, 0.25) is 0 Å². The van der Waals surface area contributed by atoms with Gasteiger partial charge in [-0.25, -0.2) is 4.39 Å². The van der Waals surface area contributed by atoms with E-state index in [-0.39, 0.29) is 0 Å². The fourth-order valence-electron chi connectivity index (χ4n) is 0.941. The van der Waals surface area contributed by atoms with E-state index in [1.54, 1.807) is 25.4 Å². The topological polar surface area (TPSA) is 33.1 Å². The molecule has 2 nitrogen and oxygen atoms in total. The van der Waals surface area contributed by atoms with Crippen molar-refractivity contribution in [2.45, 2.75) is 13.0 Å². The van der Waals surface area contributed by atoms with Gasteiger partial charge in [0.15, 0.2) is 0 Å². The molecule has 1 unspecified atom stereocenters. The summed E-state index contributed by atoms with van der Waals surface area (Å²) in [6.07, 6.45) is 2.15. The first-order valence-corrected chi connectivity index (χ1v) is 3.40. The molecular weight excluding hydrogens is 145 g/mol. The maximum Gasteiger partial charge on any atom is 0.119 e. The lowest BCUT2D eigenvalue weighted by Crippen LogP contribution is -2.01. The second-order valence-electron chi connectivity index (χ2n) is 2.40. The summed E-state index contributed by atoms with van der Waals surface area (Å²) >= 11 is 0. The minimum atomic E-state index is -1.00. The number of hydrogen-bond donors (Lipinski definition) is 1. The molecule has 1 heterocycles. The summed E-state index contributed by atoms with van der Waals surface area (Å²) in [6, 6.07) is 1.62. The van der Waals surface area contributed by atoms with Gasteiger partial charge in [-0.2, -0.15) is 0 Å². The lowest BCUT2D eigenvalue weighted by Gasteiger charge is -2.07. The number of alkyl halides is 1. The van der Waals surface area contributed by atoms with E-state index in [0.29, 0.717) is 5.56 Å². The Labute approximate surface area is 64.7 Å². The first kappa shape index (κ1) is 8.14. The third-order valence-electron chi connectivity index (χ3n) is 1.57. The van der Waals surface area contributed by atoms with Gasteiger partial charge in [-0.3, -0.25) is 4.98 Å². The molecule has 1 N–H and O–H groups in total. The first-order chi connectivity index (χ1) is 5.25. The van der Waals surface area contributed by atoms with Crippen molar-refractivity contribution in [2.75, 3.05) is 6.67 Å². The number of aromatic nitrogens is 1. The second kappa shape index (κ2) is 3.44. The van der Waals surface area contributed by atoms with E-state index in [2.05, 4.69) is 4.98 Å². The molecule has 0 aliphatic carbocycles. The highest BCUT2D eigenvalue weighted by Gasteiger charge is 2.08. The zero-order valence-electron chi connectivity index (χ0n) is 6.29. The van der Waals surface area contributed by atoms with Crippen LogP contribution in [0.5, 0.6) is 0 Å². The van der Waals surface area contributed by atoms with Crippen LogP contribution < -0.4 is 0 Å². The molecule has 0 aromatic carbocycles. The monoisotopic (exact) mass is 155 g/mol. The molecule has 1 aromatic rings. The van der Waals surface area contributed by atoms with Gasteiger partial charge >= 0.3 is 0 Å². The van der Waals surface area contributed by atoms with Gasteiger partial charge in [-0.15, -0.1) is 0 Å². The predicted octanol–water partition coefficient (Wildman–Crippen LogP) is 1.39. The van der Waals surface area contributed by atoms with Crippen molar-refractivity contribution >= 4 is 0 Å². The van der Waals surface area contributed by atoms with Crippen LogP contribution in [-0.4, -0.2) is 16.8 Å². The van der Waals surface area contributed by atoms with E-state index < -0.39 is 12.8 Å². The molecule has 0 bridgehead atoms. The van der Waals surface area contributed by atoms with Crippen molar-refractivity contribution < 1.29 is 9.50 Å². The Morgan fingerprint density at radius 2 is 2.45 bits per heavy atom. The molecule has 1 aromatic heterocycles. The zero-order chi connectivity index (χ0) is 8.27. The number of nitrogens with zero attached hydrogens (tertiary/aromatic N) is 1. The highest BCUT2D eigenvalue weighted by atomic mass is 19.1. The van der Waals surface area contributed by atoms with Crippen molar-refractivity contribution in [1.82, 2.24) is 4.98 Å². The molecule has 0 fully saturated rings. The number of aryl methyl sites for hydroxylation is 1. The van der Waals surface area contributed by atoms with Crippen molar-refractivity contribution in [2.24, 2.45) is 0 Å². The minimum absolute atomic E-state index is 0.613. The molecule has 1 atom stereocenters. The Bertz CT molecular complexity index is 239. The molecule has 60 valence electrons. The number of aliphatic hydroxyl groups is 1. The Morgan fingerprint density at radius 1 is 1.73 bits per heavy atom. The van der Waals surface area contributed by atoms with Crippen LogP contribution in [0.4, 0.5) is 4.39 Å². The SMILES string of the molecule is Cc1cnccc1C(O)CF. The molecule has 0 saturated heterocycles. The van der Waals surface area contributed by atoms with Crippen molar-refractivity contribution in [3.8, 4) is 0 Å². The summed E-state index contributed by atoms with van der Waals surface area (Å²) in [5.74, 6) is 0. The number of halogens is 1. The number of hydrogen-bond acceptors (Lipinski definition) is 2. The maximum atomic E-state index is 12.0. The van der Waals surface area contributed by atoms with Gasteiger partial charge in [0.05, 0.1) is 0 Å². The molecule has 0 spiro atoms. The normalized spacial score (nSPS) is 13.0. The van der Waals surface area contributed by atoms with Crippen LogP contribution in [0.25, 0.3) is 0 Å². The standard InChI is InChI=1S/C8H10FNO/c1-6-5-10-3-2-7(6)8(11)4-9/h2-3,5,8,11H,4H2,1H3. The summed E-state index contributed by atoms with van der Waals surface area (Å²) in [7, 11) is 0. The summed E-state index contributed by atoms with van der Waals surface area (Å²) in [6.45, 7) is 1.05. The summed E-state index contributed by atoms with van der Waals surface area (Å²) < 4.78 is 12.0. The molecule has 0 saturated carbocycles. The summed E-state index contributed by atoms with van der Waals surface area (Å²) in [5, 5.41) is 9.11.